The van der Waals surface area contributed by atoms with Crippen molar-refractivity contribution in [3.63, 3.8) is 0 Å². The van der Waals surface area contributed by atoms with E-state index < -0.39 is 0 Å². The summed E-state index contributed by atoms with van der Waals surface area (Å²) in [6.45, 7) is 4.93. The molecule has 2 rings (SSSR count). The first kappa shape index (κ1) is 10.3. The molecule has 2 N–H and O–H groups in total. The van der Waals surface area contributed by atoms with Gasteiger partial charge in [0.2, 0.25) is 0 Å². The maximum Gasteiger partial charge on any atom is 0.0766 e. The van der Waals surface area contributed by atoms with E-state index in [2.05, 4.69) is 17.0 Å². The van der Waals surface area contributed by atoms with E-state index in [1.165, 1.54) is 5.69 Å². The van der Waals surface area contributed by atoms with Crippen molar-refractivity contribution in [1.29, 1.82) is 0 Å². The smallest absolute Gasteiger partial charge is 0.0766 e. The molecular weight excluding hydrogens is 188 g/mol. The van der Waals surface area contributed by atoms with Crippen LogP contribution in [0.3, 0.4) is 0 Å². The van der Waals surface area contributed by atoms with E-state index in [9.17, 15) is 0 Å². The van der Waals surface area contributed by atoms with Gasteiger partial charge in [0.25, 0.3) is 0 Å². The summed E-state index contributed by atoms with van der Waals surface area (Å²) in [6.07, 6.45) is 1.52. The van der Waals surface area contributed by atoms with Crippen molar-refractivity contribution < 1.29 is 4.74 Å². The highest BCUT2D eigenvalue weighted by molar-refractivity contribution is 5.53. The molecule has 1 fully saturated rings. The standard InChI is InChI=1S/C12H18N2O/c1-2-15-12-7-8-14(9-12)11-5-3-10(13)4-6-11/h3-6,12H,2,7-9,13H2,1H3. The van der Waals surface area contributed by atoms with Gasteiger partial charge < -0.3 is 15.4 Å². The Morgan fingerprint density at radius 2 is 2.13 bits per heavy atom. The second-order valence-corrected chi connectivity index (χ2v) is 3.90. The van der Waals surface area contributed by atoms with Crippen molar-refractivity contribution in [2.45, 2.75) is 19.4 Å². The van der Waals surface area contributed by atoms with Crippen LogP contribution < -0.4 is 10.6 Å². The van der Waals surface area contributed by atoms with Gasteiger partial charge in [0.1, 0.15) is 0 Å². The zero-order chi connectivity index (χ0) is 10.7. The van der Waals surface area contributed by atoms with Gasteiger partial charge in [-0.25, -0.2) is 0 Å². The number of ether oxygens (including phenoxy) is 1. The van der Waals surface area contributed by atoms with Crippen LogP contribution in [0.5, 0.6) is 0 Å². The Kier molecular flexibility index (Phi) is 3.11. The number of hydrogen-bond donors (Lipinski definition) is 1. The van der Waals surface area contributed by atoms with Crippen LogP contribution in [-0.2, 0) is 4.74 Å². The summed E-state index contributed by atoms with van der Waals surface area (Å²) in [7, 11) is 0. The van der Waals surface area contributed by atoms with Crippen molar-refractivity contribution >= 4 is 11.4 Å². The van der Waals surface area contributed by atoms with Gasteiger partial charge in [0.15, 0.2) is 0 Å². The Morgan fingerprint density at radius 1 is 1.40 bits per heavy atom. The lowest BCUT2D eigenvalue weighted by Gasteiger charge is -2.18. The third-order valence-electron chi connectivity index (χ3n) is 2.81. The molecule has 3 heteroatoms. The third kappa shape index (κ3) is 2.42. The van der Waals surface area contributed by atoms with E-state index in [0.717, 1.165) is 31.8 Å². The molecule has 15 heavy (non-hydrogen) atoms. The minimum absolute atomic E-state index is 0.396. The van der Waals surface area contributed by atoms with Gasteiger partial charge >= 0.3 is 0 Å². The molecule has 0 spiro atoms. The summed E-state index contributed by atoms with van der Waals surface area (Å²) in [6, 6.07) is 8.04. The molecule has 0 radical (unpaired) electrons. The Bertz CT molecular complexity index is 310. The molecule has 0 aromatic heterocycles. The average Bonchev–Trinajstić information content (AvgIpc) is 2.68. The normalized spacial score (nSPS) is 20.9. The van der Waals surface area contributed by atoms with Gasteiger partial charge in [-0.05, 0) is 37.6 Å². The molecule has 1 atom stereocenters. The largest absolute Gasteiger partial charge is 0.399 e. The molecule has 1 aliphatic rings. The number of rotatable bonds is 3. The Hall–Kier alpha value is -1.22. The van der Waals surface area contributed by atoms with Gasteiger partial charge in [-0.3, -0.25) is 0 Å². The van der Waals surface area contributed by atoms with Crippen molar-refractivity contribution in [3.8, 4) is 0 Å². The van der Waals surface area contributed by atoms with E-state index in [4.69, 9.17) is 10.5 Å². The maximum atomic E-state index is 5.66. The van der Waals surface area contributed by atoms with Crippen LogP contribution in [-0.4, -0.2) is 25.8 Å². The molecule has 0 amide bonds. The van der Waals surface area contributed by atoms with Crippen molar-refractivity contribution in [2.24, 2.45) is 0 Å². The highest BCUT2D eigenvalue weighted by atomic mass is 16.5. The van der Waals surface area contributed by atoms with Crippen molar-refractivity contribution in [3.05, 3.63) is 24.3 Å². The number of nitrogens with two attached hydrogens (primary N) is 1. The summed E-state index contributed by atoms with van der Waals surface area (Å²) in [5, 5.41) is 0. The Morgan fingerprint density at radius 3 is 2.80 bits per heavy atom. The summed E-state index contributed by atoms with van der Waals surface area (Å²) in [5.74, 6) is 0. The maximum absolute atomic E-state index is 5.66. The highest BCUT2D eigenvalue weighted by Crippen LogP contribution is 2.22. The topological polar surface area (TPSA) is 38.5 Å². The summed E-state index contributed by atoms with van der Waals surface area (Å²) in [4.78, 5) is 2.35. The number of hydrogen-bond acceptors (Lipinski definition) is 3. The summed E-state index contributed by atoms with van der Waals surface area (Å²) < 4.78 is 5.61. The number of nitrogen functional groups attached to an aromatic ring is 1. The molecule has 82 valence electrons. The predicted octanol–water partition coefficient (Wildman–Crippen LogP) is 1.88. The van der Waals surface area contributed by atoms with E-state index in [0.29, 0.717) is 6.10 Å². The number of benzene rings is 1. The van der Waals surface area contributed by atoms with Crippen LogP contribution >= 0.6 is 0 Å². The van der Waals surface area contributed by atoms with Crippen LogP contribution in [0.15, 0.2) is 24.3 Å². The molecule has 0 aliphatic carbocycles. The van der Waals surface area contributed by atoms with Crippen LogP contribution in [0.4, 0.5) is 11.4 Å². The zero-order valence-electron chi connectivity index (χ0n) is 9.15. The molecule has 3 nitrogen and oxygen atoms in total. The Balaban J connectivity index is 1.98. The molecular formula is C12H18N2O. The minimum atomic E-state index is 0.396. The molecule has 0 saturated carbocycles. The lowest BCUT2D eigenvalue weighted by molar-refractivity contribution is 0.0787. The number of anilines is 2. The van der Waals surface area contributed by atoms with Gasteiger partial charge in [-0.1, -0.05) is 0 Å². The molecule has 1 heterocycles. The molecule has 0 bridgehead atoms. The van der Waals surface area contributed by atoms with Crippen LogP contribution in [0.1, 0.15) is 13.3 Å². The fourth-order valence-corrected chi connectivity index (χ4v) is 2.02. The second-order valence-electron chi connectivity index (χ2n) is 3.90. The zero-order valence-corrected chi connectivity index (χ0v) is 9.15. The molecule has 1 unspecified atom stereocenters. The summed E-state index contributed by atoms with van der Waals surface area (Å²) >= 11 is 0. The molecule has 1 aromatic rings. The fraction of sp³-hybridized carbons (Fsp3) is 0.500. The van der Waals surface area contributed by atoms with Crippen LogP contribution in [0, 0.1) is 0 Å². The van der Waals surface area contributed by atoms with Gasteiger partial charge in [-0.15, -0.1) is 0 Å². The fourth-order valence-electron chi connectivity index (χ4n) is 2.02. The third-order valence-corrected chi connectivity index (χ3v) is 2.81. The van der Waals surface area contributed by atoms with E-state index >= 15 is 0 Å². The minimum Gasteiger partial charge on any atom is -0.399 e. The highest BCUT2D eigenvalue weighted by Gasteiger charge is 2.22. The molecule has 1 aliphatic heterocycles. The quantitative estimate of drug-likeness (QED) is 0.767. The van der Waals surface area contributed by atoms with Crippen molar-refractivity contribution in [2.75, 3.05) is 30.3 Å². The van der Waals surface area contributed by atoms with Crippen LogP contribution in [0.25, 0.3) is 0 Å². The number of nitrogens with zero attached hydrogens (tertiary/aromatic N) is 1. The first-order valence-electron chi connectivity index (χ1n) is 5.51. The van der Waals surface area contributed by atoms with Crippen molar-refractivity contribution in [1.82, 2.24) is 0 Å². The Labute approximate surface area is 90.8 Å². The first-order chi connectivity index (χ1) is 7.29. The molecule has 1 saturated heterocycles. The lowest BCUT2D eigenvalue weighted by Crippen LogP contribution is -2.22. The second kappa shape index (κ2) is 4.53. The van der Waals surface area contributed by atoms with Gasteiger partial charge in [-0.2, -0.15) is 0 Å². The molecule has 1 aromatic carbocycles. The van der Waals surface area contributed by atoms with E-state index in [1.807, 2.05) is 19.1 Å². The lowest BCUT2D eigenvalue weighted by atomic mass is 10.2. The monoisotopic (exact) mass is 206 g/mol. The SMILES string of the molecule is CCOC1CCN(c2ccc(N)cc2)C1. The van der Waals surface area contributed by atoms with E-state index in [-0.39, 0.29) is 0 Å². The predicted molar refractivity (Wildman–Crippen MR) is 63.1 cm³/mol. The average molecular weight is 206 g/mol. The van der Waals surface area contributed by atoms with Gasteiger partial charge in [0, 0.05) is 31.1 Å². The first-order valence-corrected chi connectivity index (χ1v) is 5.51. The van der Waals surface area contributed by atoms with E-state index in [1.54, 1.807) is 0 Å². The van der Waals surface area contributed by atoms with Gasteiger partial charge in [0.05, 0.1) is 6.10 Å². The summed E-state index contributed by atoms with van der Waals surface area (Å²) in [5.41, 5.74) is 7.72. The van der Waals surface area contributed by atoms with Crippen LogP contribution in [0.2, 0.25) is 0 Å².